The van der Waals surface area contributed by atoms with Crippen LogP contribution in [-0.2, 0) is 23.4 Å². The highest BCUT2D eigenvalue weighted by molar-refractivity contribution is 5.55. The molecule has 0 amide bonds. The molecule has 8 rings (SSSR count). The van der Waals surface area contributed by atoms with E-state index in [4.69, 9.17) is 23.7 Å². The molecule has 1 saturated heterocycles. The predicted octanol–water partition coefficient (Wildman–Crippen LogP) is 14.2. The van der Waals surface area contributed by atoms with Crippen LogP contribution in [0.25, 0.3) is 0 Å². The largest absolute Gasteiger partial charge is 0.488 e. The molecule has 6 aromatic carbocycles. The zero-order valence-corrected chi connectivity index (χ0v) is 36.5. The van der Waals surface area contributed by atoms with E-state index in [9.17, 15) is 0 Å². The van der Waals surface area contributed by atoms with Gasteiger partial charge >= 0.3 is 0 Å². The van der Waals surface area contributed by atoms with E-state index in [2.05, 4.69) is 166 Å². The second-order valence-electron chi connectivity index (χ2n) is 17.6. The van der Waals surface area contributed by atoms with Crippen LogP contribution in [-0.4, -0.2) is 6.61 Å². The van der Waals surface area contributed by atoms with Gasteiger partial charge in [0.1, 0.15) is 53.8 Å². The van der Waals surface area contributed by atoms with Crippen LogP contribution in [0.2, 0.25) is 0 Å². The molecule has 0 aromatic heterocycles. The first-order chi connectivity index (χ1) is 28.2. The average molecular weight is 787 g/mol. The van der Waals surface area contributed by atoms with Gasteiger partial charge in [-0.1, -0.05) is 86.6 Å². The van der Waals surface area contributed by atoms with Crippen LogP contribution < -0.4 is 18.9 Å². The lowest BCUT2D eigenvalue weighted by Crippen LogP contribution is -2.20. The minimum absolute atomic E-state index is 0.259. The fourth-order valence-corrected chi connectivity index (χ4v) is 8.42. The lowest BCUT2D eigenvalue weighted by Gasteiger charge is -2.29. The van der Waals surface area contributed by atoms with Gasteiger partial charge in [0.25, 0.3) is 0 Å². The van der Waals surface area contributed by atoms with E-state index >= 15 is 0 Å². The highest BCUT2D eigenvalue weighted by Gasteiger charge is 2.28. The van der Waals surface area contributed by atoms with Crippen molar-refractivity contribution in [2.75, 3.05) is 6.61 Å². The number of aryl methyl sites for hydroxylation is 8. The molecule has 1 heterocycles. The second kappa shape index (κ2) is 16.3. The standard InChI is InChI=1S/C54H58O5/c1-32-21-45(22-33(2)52(32)58-47-25-36(5)50(37(6)26-47)56-29-40-11-15-42(16-12-40)43-19-20-43)54(9,10)46-23-34(3)53(35(4)24-46)59-48-27-38(7)51(39(8)28-48)57-30-41-13-17-44(18-14-41)49-31-55-49/h11-18,21-28,43,49H,19-20,29-31H2,1-10H3. The number of benzene rings is 6. The van der Waals surface area contributed by atoms with Crippen LogP contribution in [0.5, 0.6) is 34.5 Å². The number of rotatable bonds is 14. The van der Waals surface area contributed by atoms with Gasteiger partial charge in [0.2, 0.25) is 0 Å². The van der Waals surface area contributed by atoms with Gasteiger partial charge in [-0.05, 0) is 176 Å². The lowest BCUT2D eigenvalue weighted by molar-refractivity contribution is 0.301. The molecule has 1 aliphatic heterocycles. The van der Waals surface area contributed by atoms with Gasteiger partial charge in [0.15, 0.2) is 0 Å². The van der Waals surface area contributed by atoms with Crippen molar-refractivity contribution < 1.29 is 23.7 Å². The van der Waals surface area contributed by atoms with Crippen LogP contribution in [0, 0.1) is 55.4 Å². The minimum Gasteiger partial charge on any atom is -0.488 e. The van der Waals surface area contributed by atoms with Crippen LogP contribution in [0.1, 0.15) is 117 Å². The summed E-state index contributed by atoms with van der Waals surface area (Å²) in [4.78, 5) is 0. The Kier molecular flexibility index (Phi) is 11.1. The summed E-state index contributed by atoms with van der Waals surface area (Å²) in [5, 5.41) is 0. The van der Waals surface area contributed by atoms with Crippen molar-refractivity contribution in [3.8, 4) is 34.5 Å². The summed E-state index contributed by atoms with van der Waals surface area (Å²) in [6.07, 6.45) is 2.90. The Balaban J connectivity index is 0.935. The molecule has 1 unspecified atom stereocenters. The Morgan fingerprint density at radius 2 is 0.814 bits per heavy atom. The summed E-state index contributed by atoms with van der Waals surface area (Å²) in [5.41, 5.74) is 15.8. The van der Waals surface area contributed by atoms with Gasteiger partial charge in [-0.3, -0.25) is 0 Å². The highest BCUT2D eigenvalue weighted by Crippen LogP contribution is 2.43. The van der Waals surface area contributed by atoms with E-state index in [1.54, 1.807) is 0 Å². The van der Waals surface area contributed by atoms with Crippen LogP contribution in [0.15, 0.2) is 97.1 Å². The fraction of sp³-hybridized carbons (Fsp3) is 0.333. The molecule has 0 N–H and O–H groups in total. The van der Waals surface area contributed by atoms with Gasteiger partial charge in [0, 0.05) is 5.41 Å². The monoisotopic (exact) mass is 786 g/mol. The van der Waals surface area contributed by atoms with Crippen molar-refractivity contribution in [2.45, 2.75) is 113 Å². The highest BCUT2D eigenvalue weighted by atomic mass is 16.6. The molecule has 0 radical (unpaired) electrons. The third-order valence-electron chi connectivity index (χ3n) is 12.2. The molecule has 0 bridgehead atoms. The lowest BCUT2D eigenvalue weighted by atomic mass is 9.76. The number of ether oxygens (including phenoxy) is 5. The fourth-order valence-electron chi connectivity index (χ4n) is 8.42. The van der Waals surface area contributed by atoms with Crippen molar-refractivity contribution in [3.05, 3.63) is 175 Å². The topological polar surface area (TPSA) is 49.5 Å². The van der Waals surface area contributed by atoms with Gasteiger partial charge in [-0.25, -0.2) is 0 Å². The molecular weight excluding hydrogens is 729 g/mol. The Hall–Kier alpha value is -5.52. The van der Waals surface area contributed by atoms with Gasteiger partial charge in [0.05, 0.1) is 6.61 Å². The van der Waals surface area contributed by atoms with Gasteiger partial charge < -0.3 is 23.7 Å². The SMILES string of the molecule is Cc1cc(Oc2c(C)cc(C(C)(C)c3cc(C)c(Oc4cc(C)c(OCc5ccc(C6CO6)cc5)c(C)c4)c(C)c3)cc2C)cc(C)c1OCc1ccc(C2CC2)cc1. The molecule has 304 valence electrons. The summed E-state index contributed by atoms with van der Waals surface area (Å²) in [7, 11) is 0. The predicted molar refractivity (Wildman–Crippen MR) is 238 cm³/mol. The normalized spacial score (nSPS) is 14.9. The molecule has 5 heteroatoms. The summed E-state index contributed by atoms with van der Waals surface area (Å²) < 4.78 is 31.3. The van der Waals surface area contributed by atoms with Crippen LogP contribution in [0.3, 0.4) is 0 Å². The van der Waals surface area contributed by atoms with E-state index in [1.165, 1.54) is 40.7 Å². The van der Waals surface area contributed by atoms with E-state index < -0.39 is 0 Å². The van der Waals surface area contributed by atoms with Gasteiger partial charge in [-0.2, -0.15) is 0 Å². The maximum atomic E-state index is 6.63. The molecule has 5 nitrogen and oxygen atoms in total. The Morgan fingerprint density at radius 1 is 0.475 bits per heavy atom. The number of hydrogen-bond acceptors (Lipinski definition) is 5. The first-order valence-corrected chi connectivity index (χ1v) is 21.1. The molecule has 1 saturated carbocycles. The summed E-state index contributed by atoms with van der Waals surface area (Å²) >= 11 is 0. The van der Waals surface area contributed by atoms with Crippen LogP contribution >= 0.6 is 0 Å². The quantitative estimate of drug-likeness (QED) is 0.103. The minimum atomic E-state index is -0.259. The average Bonchev–Trinajstić information content (AvgIpc) is 4.12. The summed E-state index contributed by atoms with van der Waals surface area (Å²) in [5.74, 6) is 5.98. The Morgan fingerprint density at radius 3 is 1.15 bits per heavy atom. The van der Waals surface area contributed by atoms with E-state index in [0.717, 1.165) is 97.1 Å². The summed E-state index contributed by atoms with van der Waals surface area (Å²) in [6, 6.07) is 34.8. The number of epoxide rings is 1. The third-order valence-corrected chi connectivity index (χ3v) is 12.2. The molecule has 1 aliphatic carbocycles. The molecule has 1 atom stereocenters. The third kappa shape index (κ3) is 8.91. The van der Waals surface area contributed by atoms with Crippen molar-refractivity contribution >= 4 is 0 Å². The van der Waals surface area contributed by atoms with Crippen molar-refractivity contribution in [1.29, 1.82) is 0 Å². The summed E-state index contributed by atoms with van der Waals surface area (Å²) in [6.45, 7) is 23.4. The van der Waals surface area contributed by atoms with Gasteiger partial charge in [-0.15, -0.1) is 0 Å². The van der Waals surface area contributed by atoms with E-state index in [-0.39, 0.29) is 11.5 Å². The van der Waals surface area contributed by atoms with Crippen molar-refractivity contribution in [3.63, 3.8) is 0 Å². The van der Waals surface area contributed by atoms with Crippen molar-refractivity contribution in [2.24, 2.45) is 0 Å². The Labute approximate surface area is 351 Å². The molecule has 0 spiro atoms. The van der Waals surface area contributed by atoms with Crippen LogP contribution in [0.4, 0.5) is 0 Å². The Bertz CT molecular complexity index is 2230. The maximum absolute atomic E-state index is 6.63. The number of hydrogen-bond donors (Lipinski definition) is 0. The second-order valence-corrected chi connectivity index (χ2v) is 17.6. The van der Waals surface area contributed by atoms with E-state index in [1.807, 2.05) is 0 Å². The smallest absolute Gasteiger partial charge is 0.133 e. The zero-order valence-electron chi connectivity index (χ0n) is 36.5. The zero-order chi connectivity index (χ0) is 41.6. The molecule has 2 fully saturated rings. The molecule has 6 aromatic rings. The first-order valence-electron chi connectivity index (χ1n) is 21.1. The van der Waals surface area contributed by atoms with Crippen molar-refractivity contribution in [1.82, 2.24) is 0 Å². The maximum Gasteiger partial charge on any atom is 0.133 e. The molecule has 2 aliphatic rings. The first kappa shape index (κ1) is 40.3. The van der Waals surface area contributed by atoms with E-state index in [0.29, 0.717) is 13.2 Å². The molecular formula is C54H58O5. The molecule has 59 heavy (non-hydrogen) atoms.